The number of nitro groups is 1. The number of thioether (sulfide) groups is 1. The van der Waals surface area contributed by atoms with Gasteiger partial charge in [0.15, 0.2) is 17.4 Å². The molecular formula is C21H18N6O9S2. The summed E-state index contributed by atoms with van der Waals surface area (Å²) < 4.78 is 5.19. The standard InChI is InChI=1S/C21H18N6O9S2/c28-10-22-21-24-12(8-38-21)7-36-23-5-15(30)25-16-18(31)26-17(14(29)9-37-19(16)26)20(32)35-6-11-1-3-13(4-2-11)27(33)34/h1-5,8,10,16,19,29H,6-7,9H2,(H,25,30)(H,22,24,28)/t16?,19-/m0/s1. The molecule has 15 nitrogen and oxygen atoms in total. The van der Waals surface area contributed by atoms with Crippen LogP contribution in [-0.4, -0.2) is 67.5 Å². The van der Waals surface area contributed by atoms with Gasteiger partial charge in [-0.15, -0.1) is 23.1 Å². The molecule has 0 bridgehead atoms. The van der Waals surface area contributed by atoms with Crippen molar-refractivity contribution < 1.29 is 38.8 Å². The van der Waals surface area contributed by atoms with Crippen LogP contribution in [0.25, 0.3) is 0 Å². The smallest absolute Gasteiger partial charge is 0.358 e. The number of carbonyl (C=O) groups is 4. The first-order chi connectivity index (χ1) is 18.3. The number of anilines is 1. The van der Waals surface area contributed by atoms with Gasteiger partial charge in [-0.05, 0) is 17.7 Å². The molecule has 0 radical (unpaired) electrons. The molecule has 1 fully saturated rings. The highest BCUT2D eigenvalue weighted by Crippen LogP contribution is 2.40. The molecule has 4 rings (SSSR count). The normalized spacial score (nSPS) is 18.4. The maximum atomic E-state index is 12.7. The van der Waals surface area contributed by atoms with E-state index in [1.54, 1.807) is 5.38 Å². The second-order valence-corrected chi connectivity index (χ2v) is 9.57. The van der Waals surface area contributed by atoms with Crippen molar-refractivity contribution in [1.29, 1.82) is 0 Å². The molecule has 0 aliphatic carbocycles. The zero-order valence-corrected chi connectivity index (χ0v) is 20.8. The molecule has 3 N–H and O–H groups in total. The number of ether oxygens (including phenoxy) is 1. The summed E-state index contributed by atoms with van der Waals surface area (Å²) in [5, 5.41) is 30.8. The second-order valence-electron chi connectivity index (χ2n) is 7.61. The van der Waals surface area contributed by atoms with Crippen molar-refractivity contribution in [2.45, 2.75) is 24.6 Å². The third-order valence-corrected chi connectivity index (χ3v) is 7.23. The Hall–Kier alpha value is -4.51. The number of benzene rings is 1. The predicted molar refractivity (Wildman–Crippen MR) is 133 cm³/mol. The number of rotatable bonds is 11. The van der Waals surface area contributed by atoms with Crippen LogP contribution < -0.4 is 10.6 Å². The Morgan fingerprint density at radius 1 is 1.32 bits per heavy atom. The number of aliphatic hydroxyl groups excluding tert-OH is 1. The lowest BCUT2D eigenvalue weighted by Gasteiger charge is -2.48. The number of thiazole rings is 1. The number of hydrogen-bond donors (Lipinski definition) is 3. The fourth-order valence-electron chi connectivity index (χ4n) is 3.39. The van der Waals surface area contributed by atoms with Gasteiger partial charge >= 0.3 is 5.97 Å². The summed E-state index contributed by atoms with van der Waals surface area (Å²) in [5.41, 5.74) is 0.514. The van der Waals surface area contributed by atoms with Crippen molar-refractivity contribution in [1.82, 2.24) is 15.2 Å². The van der Waals surface area contributed by atoms with E-state index in [0.29, 0.717) is 22.8 Å². The molecular weight excluding hydrogens is 544 g/mol. The Morgan fingerprint density at radius 3 is 2.79 bits per heavy atom. The lowest BCUT2D eigenvalue weighted by molar-refractivity contribution is -0.384. The van der Waals surface area contributed by atoms with Crippen molar-refractivity contribution >= 4 is 64.3 Å². The van der Waals surface area contributed by atoms with E-state index < -0.39 is 34.1 Å². The summed E-state index contributed by atoms with van der Waals surface area (Å²) in [7, 11) is 0. The van der Waals surface area contributed by atoms with Crippen LogP contribution in [0.5, 0.6) is 0 Å². The van der Waals surface area contributed by atoms with Crippen molar-refractivity contribution in [3.63, 3.8) is 0 Å². The summed E-state index contributed by atoms with van der Waals surface area (Å²) in [4.78, 5) is 68.2. The average molecular weight is 563 g/mol. The van der Waals surface area contributed by atoms with E-state index in [1.807, 2.05) is 0 Å². The number of non-ortho nitro benzene ring substituents is 1. The third-order valence-electron chi connectivity index (χ3n) is 5.15. The number of oxime groups is 1. The Balaban J connectivity index is 1.28. The summed E-state index contributed by atoms with van der Waals surface area (Å²) in [6.07, 6.45) is 1.33. The monoisotopic (exact) mass is 562 g/mol. The zero-order valence-electron chi connectivity index (χ0n) is 19.1. The molecule has 17 heteroatoms. The van der Waals surface area contributed by atoms with Gasteiger partial charge in [-0.25, -0.2) is 9.78 Å². The predicted octanol–water partition coefficient (Wildman–Crippen LogP) is 1.03. The summed E-state index contributed by atoms with van der Waals surface area (Å²) >= 11 is 2.33. The lowest BCUT2D eigenvalue weighted by atomic mass is 10.0. The van der Waals surface area contributed by atoms with E-state index in [0.717, 1.165) is 22.9 Å². The Kier molecular flexibility index (Phi) is 8.17. The number of nitro benzene ring substituents is 1. The van der Waals surface area contributed by atoms with Gasteiger partial charge < -0.3 is 25.3 Å². The van der Waals surface area contributed by atoms with Crippen LogP contribution in [-0.2, 0) is 42.0 Å². The molecule has 0 spiro atoms. The lowest BCUT2D eigenvalue weighted by Crippen LogP contribution is -2.70. The average Bonchev–Trinajstić information content (AvgIpc) is 3.36. The van der Waals surface area contributed by atoms with E-state index in [4.69, 9.17) is 9.57 Å². The van der Waals surface area contributed by atoms with Gasteiger partial charge in [0, 0.05) is 17.5 Å². The molecule has 0 saturated carbocycles. The molecule has 198 valence electrons. The number of hydrogen-bond acceptors (Lipinski definition) is 13. The first-order valence-electron chi connectivity index (χ1n) is 10.7. The molecule has 2 atom stereocenters. The van der Waals surface area contributed by atoms with Crippen molar-refractivity contribution in [3.05, 3.63) is 62.5 Å². The van der Waals surface area contributed by atoms with Gasteiger partial charge in [0.2, 0.25) is 6.41 Å². The second kappa shape index (κ2) is 11.7. The van der Waals surface area contributed by atoms with Gasteiger partial charge in [0.05, 0.1) is 16.4 Å². The number of aliphatic hydroxyl groups is 1. The van der Waals surface area contributed by atoms with Crippen LogP contribution in [0.2, 0.25) is 0 Å². The first kappa shape index (κ1) is 26.6. The fraction of sp³-hybridized carbons (Fsp3) is 0.238. The summed E-state index contributed by atoms with van der Waals surface area (Å²) in [6, 6.07) is 4.39. The summed E-state index contributed by atoms with van der Waals surface area (Å²) in [5.74, 6) is -2.63. The van der Waals surface area contributed by atoms with E-state index in [-0.39, 0.29) is 36.1 Å². The summed E-state index contributed by atoms with van der Waals surface area (Å²) in [6.45, 7) is -0.287. The Morgan fingerprint density at radius 2 is 2.08 bits per heavy atom. The van der Waals surface area contributed by atoms with Gasteiger partial charge in [0.1, 0.15) is 30.0 Å². The van der Waals surface area contributed by atoms with Gasteiger partial charge in [-0.1, -0.05) is 5.16 Å². The number of fused-ring (bicyclic) bond motifs is 1. The van der Waals surface area contributed by atoms with E-state index >= 15 is 0 Å². The first-order valence-corrected chi connectivity index (χ1v) is 12.6. The number of β-lactam (4-membered cyclic amide) rings is 1. The van der Waals surface area contributed by atoms with Crippen LogP contribution >= 0.6 is 23.1 Å². The molecule has 38 heavy (non-hydrogen) atoms. The van der Waals surface area contributed by atoms with Crippen molar-refractivity contribution in [2.75, 3.05) is 11.1 Å². The Labute approximate surface area is 221 Å². The highest BCUT2D eigenvalue weighted by atomic mass is 32.2. The van der Waals surface area contributed by atoms with Crippen LogP contribution in [0.1, 0.15) is 11.3 Å². The molecule has 1 aromatic carbocycles. The number of amides is 3. The maximum absolute atomic E-state index is 12.7. The van der Waals surface area contributed by atoms with E-state index in [9.17, 15) is 34.4 Å². The molecule has 2 aliphatic heterocycles. The number of nitrogens with one attached hydrogen (secondary N) is 2. The van der Waals surface area contributed by atoms with Crippen LogP contribution in [0.3, 0.4) is 0 Å². The molecule has 2 aliphatic rings. The largest absolute Gasteiger partial charge is 0.509 e. The number of aromatic nitrogens is 1. The molecule has 1 unspecified atom stereocenters. The number of nitrogens with zero attached hydrogens (tertiary/aromatic N) is 4. The van der Waals surface area contributed by atoms with Gasteiger partial charge in [0.25, 0.3) is 17.5 Å². The van der Waals surface area contributed by atoms with E-state index in [1.165, 1.54) is 35.6 Å². The molecule has 2 aromatic rings. The van der Waals surface area contributed by atoms with E-state index in [2.05, 4.69) is 20.8 Å². The van der Waals surface area contributed by atoms with Crippen molar-refractivity contribution in [2.24, 2.45) is 5.16 Å². The highest BCUT2D eigenvalue weighted by molar-refractivity contribution is 8.00. The highest BCUT2D eigenvalue weighted by Gasteiger charge is 2.54. The van der Waals surface area contributed by atoms with Crippen LogP contribution in [0.4, 0.5) is 10.8 Å². The zero-order chi connectivity index (χ0) is 27.2. The molecule has 1 saturated heterocycles. The van der Waals surface area contributed by atoms with Crippen LogP contribution in [0, 0.1) is 10.1 Å². The molecule has 1 aromatic heterocycles. The fourth-order valence-corrected chi connectivity index (χ4v) is 5.25. The number of esters is 1. The quantitative estimate of drug-likeness (QED) is 0.0881. The minimum atomic E-state index is -0.972. The van der Waals surface area contributed by atoms with Gasteiger partial charge in [-0.3, -0.25) is 29.4 Å². The van der Waals surface area contributed by atoms with Crippen LogP contribution in [0.15, 0.2) is 46.3 Å². The molecule has 3 heterocycles. The minimum absolute atomic E-state index is 0.00850. The maximum Gasteiger partial charge on any atom is 0.358 e. The third kappa shape index (κ3) is 5.89. The topological polar surface area (TPSA) is 203 Å². The Bertz CT molecular complexity index is 1330. The molecule has 3 amide bonds. The van der Waals surface area contributed by atoms with Crippen molar-refractivity contribution in [3.8, 4) is 0 Å². The SMILES string of the molecule is O=CNc1nc(CON=CC(=O)NC2C(=O)N3C(C(=O)OCc4ccc([N+](=O)[O-])cc4)=C(O)CS[C@@H]23)cs1. The minimum Gasteiger partial charge on any atom is -0.509 e. The van der Waals surface area contributed by atoms with Gasteiger partial charge in [-0.2, -0.15) is 0 Å². The number of carbonyl (C=O) groups excluding carboxylic acids is 4.